The van der Waals surface area contributed by atoms with E-state index in [0.29, 0.717) is 17.0 Å². The van der Waals surface area contributed by atoms with Crippen LogP contribution in [0.25, 0.3) is 0 Å². The summed E-state index contributed by atoms with van der Waals surface area (Å²) in [5, 5.41) is 11.4. The van der Waals surface area contributed by atoms with Gasteiger partial charge in [0, 0.05) is 11.4 Å². The van der Waals surface area contributed by atoms with Crippen LogP contribution < -0.4 is 5.32 Å². The fourth-order valence-electron chi connectivity index (χ4n) is 1.36. The van der Waals surface area contributed by atoms with E-state index in [9.17, 15) is 4.79 Å². The molecule has 0 bridgehead atoms. The van der Waals surface area contributed by atoms with E-state index in [2.05, 4.69) is 10.3 Å². The van der Waals surface area contributed by atoms with Gasteiger partial charge in [0.1, 0.15) is 4.38 Å². The van der Waals surface area contributed by atoms with Crippen LogP contribution in [0.4, 0.5) is 5.69 Å². The first-order valence-corrected chi connectivity index (χ1v) is 7.35. The number of amides is 1. The lowest BCUT2D eigenvalue weighted by atomic mass is 10.2. The van der Waals surface area contributed by atoms with Gasteiger partial charge >= 0.3 is 0 Å². The molecule has 0 atom stereocenters. The van der Waals surface area contributed by atoms with Crippen LogP contribution in [0.5, 0.6) is 0 Å². The molecule has 2 rings (SSSR count). The van der Waals surface area contributed by atoms with E-state index in [1.165, 1.54) is 11.8 Å². The molecule has 1 aliphatic rings. The first-order chi connectivity index (χ1) is 8.78. The largest absolute Gasteiger partial charge is 0.325 e. The normalized spacial score (nSPS) is 13.8. The molecule has 0 fully saturated rings. The van der Waals surface area contributed by atoms with E-state index in [1.807, 2.05) is 6.07 Å². The molecule has 1 aromatic carbocycles. The summed E-state index contributed by atoms with van der Waals surface area (Å²) in [7, 11) is 0. The van der Waals surface area contributed by atoms with Gasteiger partial charge in [0.2, 0.25) is 5.91 Å². The van der Waals surface area contributed by atoms with Gasteiger partial charge in [-0.15, -0.1) is 0 Å². The van der Waals surface area contributed by atoms with Gasteiger partial charge in [-0.1, -0.05) is 23.5 Å². The number of nitriles is 1. The number of rotatable bonds is 3. The van der Waals surface area contributed by atoms with Gasteiger partial charge in [-0.3, -0.25) is 9.79 Å². The topological polar surface area (TPSA) is 65.2 Å². The van der Waals surface area contributed by atoms with Gasteiger partial charge in [-0.05, 0) is 24.3 Å². The predicted molar refractivity (Wildman–Crippen MR) is 77.0 cm³/mol. The Kier molecular flexibility index (Phi) is 4.67. The Morgan fingerprint density at radius 1 is 1.50 bits per heavy atom. The van der Waals surface area contributed by atoms with Crippen LogP contribution in [-0.4, -0.2) is 28.3 Å². The zero-order chi connectivity index (χ0) is 12.8. The van der Waals surface area contributed by atoms with Gasteiger partial charge in [0.05, 0.1) is 23.9 Å². The summed E-state index contributed by atoms with van der Waals surface area (Å²) in [4.78, 5) is 15.9. The molecule has 1 aliphatic heterocycles. The summed E-state index contributed by atoms with van der Waals surface area (Å²) in [5.41, 5.74) is 1.29. The third kappa shape index (κ3) is 3.79. The van der Waals surface area contributed by atoms with E-state index in [1.54, 1.807) is 36.0 Å². The maximum absolute atomic E-state index is 11.7. The molecule has 4 nitrogen and oxygen atoms in total. The molecule has 1 aromatic rings. The number of carbonyl (C=O) groups excluding carboxylic acids is 1. The van der Waals surface area contributed by atoms with Crippen molar-refractivity contribution < 1.29 is 4.79 Å². The van der Waals surface area contributed by atoms with Gasteiger partial charge in [0.25, 0.3) is 0 Å². The Labute approximate surface area is 114 Å². The molecular weight excluding hydrogens is 266 g/mol. The van der Waals surface area contributed by atoms with Crippen molar-refractivity contribution in [2.45, 2.75) is 0 Å². The quantitative estimate of drug-likeness (QED) is 0.921. The van der Waals surface area contributed by atoms with Crippen molar-refractivity contribution in [3.8, 4) is 6.07 Å². The number of anilines is 1. The van der Waals surface area contributed by atoms with Crippen LogP contribution in [0.15, 0.2) is 29.3 Å². The molecule has 92 valence electrons. The molecule has 0 saturated carbocycles. The second kappa shape index (κ2) is 6.47. The van der Waals surface area contributed by atoms with Crippen LogP contribution in [0, 0.1) is 11.3 Å². The Morgan fingerprint density at radius 2 is 2.28 bits per heavy atom. The maximum atomic E-state index is 11.7. The van der Waals surface area contributed by atoms with Crippen molar-refractivity contribution in [3.63, 3.8) is 0 Å². The van der Waals surface area contributed by atoms with Crippen LogP contribution in [0.2, 0.25) is 0 Å². The summed E-state index contributed by atoms with van der Waals surface area (Å²) in [5.74, 6) is 1.32. The number of nitrogens with one attached hydrogen (secondary N) is 1. The second-order valence-electron chi connectivity index (χ2n) is 3.52. The van der Waals surface area contributed by atoms with Crippen molar-refractivity contribution >= 4 is 39.5 Å². The molecule has 0 saturated heterocycles. The fourth-order valence-corrected chi connectivity index (χ4v) is 3.16. The summed E-state index contributed by atoms with van der Waals surface area (Å²) in [6.45, 7) is 0.851. The van der Waals surface area contributed by atoms with Crippen molar-refractivity contribution in [1.29, 1.82) is 5.26 Å². The number of thioether (sulfide) groups is 2. The van der Waals surface area contributed by atoms with Crippen molar-refractivity contribution in [3.05, 3.63) is 29.8 Å². The van der Waals surface area contributed by atoms with Crippen LogP contribution >= 0.6 is 23.5 Å². The summed E-state index contributed by atoms with van der Waals surface area (Å²) < 4.78 is 0.991. The number of hydrogen-bond acceptors (Lipinski definition) is 5. The zero-order valence-corrected chi connectivity index (χ0v) is 11.2. The lowest BCUT2D eigenvalue weighted by Gasteiger charge is -2.04. The molecule has 18 heavy (non-hydrogen) atoms. The Balaban J connectivity index is 1.81. The highest BCUT2D eigenvalue weighted by Gasteiger charge is 2.10. The molecule has 0 spiro atoms. The van der Waals surface area contributed by atoms with Crippen molar-refractivity contribution in [2.75, 3.05) is 23.4 Å². The Morgan fingerprint density at radius 3 is 2.89 bits per heavy atom. The summed E-state index contributed by atoms with van der Waals surface area (Å²) in [6, 6.07) is 8.85. The molecular formula is C12H11N3OS2. The third-order valence-electron chi connectivity index (χ3n) is 2.18. The van der Waals surface area contributed by atoms with E-state index in [-0.39, 0.29) is 5.91 Å². The summed E-state index contributed by atoms with van der Waals surface area (Å²) in [6.07, 6.45) is 0. The lowest BCUT2D eigenvalue weighted by molar-refractivity contribution is -0.113. The highest BCUT2D eigenvalue weighted by Crippen LogP contribution is 2.22. The van der Waals surface area contributed by atoms with Gasteiger partial charge in [-0.25, -0.2) is 0 Å². The van der Waals surface area contributed by atoms with Gasteiger partial charge in [-0.2, -0.15) is 5.26 Å². The average Bonchev–Trinajstić information content (AvgIpc) is 2.90. The molecule has 0 aromatic heterocycles. The van der Waals surface area contributed by atoms with E-state index < -0.39 is 0 Å². The van der Waals surface area contributed by atoms with Crippen LogP contribution in [0.1, 0.15) is 5.56 Å². The zero-order valence-electron chi connectivity index (χ0n) is 9.55. The van der Waals surface area contributed by atoms with Crippen molar-refractivity contribution in [1.82, 2.24) is 0 Å². The van der Waals surface area contributed by atoms with E-state index in [0.717, 1.165) is 16.7 Å². The van der Waals surface area contributed by atoms with Crippen molar-refractivity contribution in [2.24, 2.45) is 4.99 Å². The Hall–Kier alpha value is -1.45. The molecule has 1 amide bonds. The lowest BCUT2D eigenvalue weighted by Crippen LogP contribution is -2.14. The van der Waals surface area contributed by atoms with E-state index >= 15 is 0 Å². The number of aliphatic imine (C=N–C) groups is 1. The Bertz CT molecular complexity index is 505. The molecule has 0 aliphatic carbocycles. The average molecular weight is 277 g/mol. The molecule has 6 heteroatoms. The number of nitrogens with zero attached hydrogens (tertiary/aromatic N) is 2. The van der Waals surface area contributed by atoms with Gasteiger partial charge < -0.3 is 5.32 Å². The minimum atomic E-state index is -0.0556. The first kappa shape index (κ1) is 13.0. The standard InChI is InChI=1S/C12H11N3OS2/c13-7-9-1-3-10(4-2-9)15-11(16)8-18-12-14-5-6-17-12/h1-4H,5-6,8H2,(H,15,16). The highest BCUT2D eigenvalue weighted by atomic mass is 32.2. The minimum Gasteiger partial charge on any atom is -0.325 e. The van der Waals surface area contributed by atoms with Gasteiger partial charge in [0.15, 0.2) is 0 Å². The number of benzene rings is 1. The smallest absolute Gasteiger partial charge is 0.234 e. The molecule has 1 N–H and O–H groups in total. The monoisotopic (exact) mass is 277 g/mol. The summed E-state index contributed by atoms with van der Waals surface area (Å²) >= 11 is 3.16. The maximum Gasteiger partial charge on any atom is 0.234 e. The third-order valence-corrected chi connectivity index (χ3v) is 4.43. The minimum absolute atomic E-state index is 0.0556. The fraction of sp³-hybridized carbons (Fsp3) is 0.250. The molecule has 0 radical (unpaired) electrons. The number of hydrogen-bond donors (Lipinski definition) is 1. The van der Waals surface area contributed by atoms with E-state index in [4.69, 9.17) is 5.26 Å². The highest BCUT2D eigenvalue weighted by molar-refractivity contribution is 8.39. The first-order valence-electron chi connectivity index (χ1n) is 5.38. The second-order valence-corrected chi connectivity index (χ2v) is 5.83. The number of carbonyl (C=O) groups is 1. The predicted octanol–water partition coefficient (Wildman–Crippen LogP) is 2.33. The van der Waals surface area contributed by atoms with Crippen LogP contribution in [-0.2, 0) is 4.79 Å². The molecule has 1 heterocycles. The van der Waals surface area contributed by atoms with Crippen LogP contribution in [0.3, 0.4) is 0 Å². The SMILES string of the molecule is N#Cc1ccc(NC(=O)CSC2=NCCS2)cc1. The molecule has 0 unspecified atom stereocenters.